The van der Waals surface area contributed by atoms with E-state index in [1.807, 2.05) is 0 Å². The number of fused-ring (bicyclic) bond motifs is 1. The number of alkyl halides is 3. The Morgan fingerprint density at radius 2 is 1.38 bits per heavy atom. The van der Waals surface area contributed by atoms with E-state index in [1.54, 1.807) is 18.2 Å². The molecular formula is C34H41F3N2O11. The molecule has 16 heteroatoms. The van der Waals surface area contributed by atoms with Crippen LogP contribution in [0, 0.1) is 0 Å². The maximum atomic E-state index is 13.5. The minimum absolute atomic E-state index is 0.0164. The second-order valence-corrected chi connectivity index (χ2v) is 11.1. The van der Waals surface area contributed by atoms with Gasteiger partial charge in [0.05, 0.1) is 90.2 Å². The summed E-state index contributed by atoms with van der Waals surface area (Å²) in [5.74, 6) is -0.939. The molecule has 3 aromatic rings. The zero-order valence-corrected chi connectivity index (χ0v) is 27.3. The number of aromatic amines is 1. The fraction of sp³-hybridized carbons (Fsp3) is 0.500. The number of amides is 1. The highest BCUT2D eigenvalue weighted by atomic mass is 19.4. The van der Waals surface area contributed by atoms with E-state index in [9.17, 15) is 27.6 Å². The number of halogens is 3. The number of carbonyl (C=O) groups is 2. The summed E-state index contributed by atoms with van der Waals surface area (Å²) in [5.41, 5.74) is -1.02. The van der Waals surface area contributed by atoms with Crippen molar-refractivity contribution in [3.8, 4) is 11.3 Å². The average Bonchev–Trinajstić information content (AvgIpc) is 3.48. The third kappa shape index (κ3) is 12.1. The van der Waals surface area contributed by atoms with Crippen LogP contribution in [0.25, 0.3) is 22.0 Å². The van der Waals surface area contributed by atoms with E-state index in [0.29, 0.717) is 70.4 Å². The first-order valence-corrected chi connectivity index (χ1v) is 16.1. The minimum atomic E-state index is -4.60. The Kier molecular flexibility index (Phi) is 15.5. The van der Waals surface area contributed by atoms with Crippen molar-refractivity contribution in [1.82, 2.24) is 10.3 Å². The van der Waals surface area contributed by atoms with Crippen LogP contribution < -0.4 is 10.9 Å². The van der Waals surface area contributed by atoms with Crippen LogP contribution in [-0.2, 0) is 44.1 Å². The fourth-order valence-electron chi connectivity index (χ4n) is 5.19. The molecule has 274 valence electrons. The first-order chi connectivity index (χ1) is 24.2. The molecule has 0 aliphatic carbocycles. The Bertz CT molecular complexity index is 1580. The van der Waals surface area contributed by atoms with E-state index in [0.717, 1.165) is 6.07 Å². The molecular weight excluding hydrogens is 669 g/mol. The van der Waals surface area contributed by atoms with Gasteiger partial charge in [0, 0.05) is 16.6 Å². The van der Waals surface area contributed by atoms with Gasteiger partial charge in [0.2, 0.25) is 5.91 Å². The predicted octanol–water partition coefficient (Wildman–Crippen LogP) is 3.41. The number of nitrogens with one attached hydrogen (secondary N) is 2. The van der Waals surface area contributed by atoms with Crippen molar-refractivity contribution in [3.05, 3.63) is 70.0 Å². The van der Waals surface area contributed by atoms with Gasteiger partial charge in [0.15, 0.2) is 0 Å². The summed E-state index contributed by atoms with van der Waals surface area (Å²) >= 11 is 0. The van der Waals surface area contributed by atoms with Crippen LogP contribution in [0.2, 0.25) is 0 Å². The van der Waals surface area contributed by atoms with Crippen LogP contribution in [0.5, 0.6) is 0 Å². The summed E-state index contributed by atoms with van der Waals surface area (Å²) in [6.07, 6.45) is -5.23. The summed E-state index contributed by atoms with van der Waals surface area (Å²) in [5, 5.41) is 12.0. The molecule has 2 aromatic carbocycles. The van der Waals surface area contributed by atoms with E-state index in [2.05, 4.69) is 10.3 Å². The lowest BCUT2D eigenvalue weighted by Gasteiger charge is -2.14. The van der Waals surface area contributed by atoms with Gasteiger partial charge < -0.3 is 48.6 Å². The number of aromatic nitrogens is 1. The normalized spacial score (nSPS) is 16.1. The van der Waals surface area contributed by atoms with Crippen molar-refractivity contribution in [1.29, 1.82) is 0 Å². The predicted molar refractivity (Wildman–Crippen MR) is 173 cm³/mol. The largest absolute Gasteiger partial charge is 0.508 e. The summed E-state index contributed by atoms with van der Waals surface area (Å²) in [4.78, 5) is 40.2. The first kappa shape index (κ1) is 38.7. The highest BCUT2D eigenvalue weighted by molar-refractivity contribution is 5.90. The topological polar surface area (TPSA) is 164 Å². The number of H-pyrrole nitrogens is 1. The zero-order chi connectivity index (χ0) is 35.8. The monoisotopic (exact) mass is 710 g/mol. The third-order valence-corrected chi connectivity index (χ3v) is 7.55. The summed E-state index contributed by atoms with van der Waals surface area (Å²) in [6, 6.07) is 10.8. The third-order valence-electron chi connectivity index (χ3n) is 7.55. The Hall–Kier alpha value is -4.06. The van der Waals surface area contributed by atoms with Crippen LogP contribution in [-0.4, -0.2) is 114 Å². The van der Waals surface area contributed by atoms with Crippen molar-refractivity contribution >= 4 is 22.8 Å². The molecule has 1 aromatic heterocycles. The van der Waals surface area contributed by atoms with Crippen LogP contribution >= 0.6 is 0 Å². The molecule has 1 fully saturated rings. The zero-order valence-electron chi connectivity index (χ0n) is 27.3. The van der Waals surface area contributed by atoms with Gasteiger partial charge in [-0.3, -0.25) is 9.59 Å². The Morgan fingerprint density at radius 1 is 0.780 bits per heavy atom. The number of carbonyl (C=O) groups excluding carboxylic acids is 2. The lowest BCUT2D eigenvalue weighted by atomic mass is 9.93. The van der Waals surface area contributed by atoms with Crippen LogP contribution in [0.1, 0.15) is 23.5 Å². The molecule has 2 heterocycles. The molecule has 0 spiro atoms. The van der Waals surface area contributed by atoms with Crippen LogP contribution in [0.3, 0.4) is 0 Å². The second kappa shape index (κ2) is 20.0. The number of aliphatic hydroxyl groups excluding tert-OH is 1. The molecule has 3 N–H and O–H groups in total. The smallest absolute Gasteiger partial charge is 0.432 e. The number of pyridine rings is 1. The number of benzene rings is 2. The molecule has 13 nitrogen and oxygen atoms in total. The number of hydrogen-bond acceptors (Lipinski definition) is 11. The maximum Gasteiger partial charge on any atom is 0.508 e. The molecule has 2 atom stereocenters. The Balaban J connectivity index is 1.10. The number of ether oxygens (including phenoxy) is 7. The van der Waals surface area contributed by atoms with E-state index < -0.39 is 35.4 Å². The summed E-state index contributed by atoms with van der Waals surface area (Å²) in [7, 11) is 0. The molecule has 50 heavy (non-hydrogen) atoms. The highest BCUT2D eigenvalue weighted by Gasteiger charge is 2.35. The molecule has 1 saturated heterocycles. The first-order valence-electron chi connectivity index (χ1n) is 16.1. The Morgan fingerprint density at radius 3 is 2.00 bits per heavy atom. The molecule has 1 aliphatic rings. The molecule has 1 amide bonds. The van der Waals surface area contributed by atoms with E-state index >= 15 is 0 Å². The van der Waals surface area contributed by atoms with Crippen molar-refractivity contribution in [3.63, 3.8) is 0 Å². The molecule has 1 unspecified atom stereocenters. The van der Waals surface area contributed by atoms with Crippen molar-refractivity contribution in [2.75, 3.05) is 85.9 Å². The quantitative estimate of drug-likeness (QED) is 0.110. The van der Waals surface area contributed by atoms with Gasteiger partial charge in [-0.25, -0.2) is 4.79 Å². The van der Waals surface area contributed by atoms with Crippen molar-refractivity contribution < 1.29 is 61.0 Å². The van der Waals surface area contributed by atoms with Gasteiger partial charge in [-0.05, 0) is 35.6 Å². The molecule has 1 aliphatic heterocycles. The van der Waals surface area contributed by atoms with Crippen molar-refractivity contribution in [2.24, 2.45) is 0 Å². The van der Waals surface area contributed by atoms with Crippen LogP contribution in [0.15, 0.2) is 53.3 Å². The lowest BCUT2D eigenvalue weighted by molar-refractivity contribution is -0.137. The molecule has 0 bridgehead atoms. The van der Waals surface area contributed by atoms with E-state index in [-0.39, 0.29) is 55.4 Å². The van der Waals surface area contributed by atoms with Gasteiger partial charge in [0.25, 0.3) is 5.56 Å². The Labute approximate surface area is 285 Å². The molecule has 0 radical (unpaired) electrons. The second-order valence-electron chi connectivity index (χ2n) is 11.1. The minimum Gasteiger partial charge on any atom is -0.432 e. The number of aliphatic hydroxyl groups is 1. The molecule has 4 rings (SSSR count). The fourth-order valence-corrected chi connectivity index (χ4v) is 5.19. The average molecular weight is 711 g/mol. The SMILES string of the molecule is O=C(OCCOCCOCCOCCOCCOCCO)OCC1C[C@@H](c2ccc3cc(-c4ccccc4C(F)(F)F)[nH]c(=O)c3c2)C(=O)N1. The lowest BCUT2D eigenvalue weighted by Crippen LogP contribution is -2.31. The van der Waals surface area contributed by atoms with Gasteiger partial charge in [-0.2, -0.15) is 13.2 Å². The van der Waals surface area contributed by atoms with Gasteiger partial charge in [0.1, 0.15) is 13.2 Å². The summed E-state index contributed by atoms with van der Waals surface area (Å²) in [6.45, 7) is 3.35. The van der Waals surface area contributed by atoms with Crippen LogP contribution in [0.4, 0.5) is 18.0 Å². The van der Waals surface area contributed by atoms with Gasteiger partial charge >= 0.3 is 12.3 Å². The van der Waals surface area contributed by atoms with E-state index in [4.69, 9.17) is 38.3 Å². The number of rotatable bonds is 21. The number of hydrogen-bond donors (Lipinski definition) is 3. The van der Waals surface area contributed by atoms with E-state index in [1.165, 1.54) is 24.3 Å². The van der Waals surface area contributed by atoms with Crippen molar-refractivity contribution in [2.45, 2.75) is 24.6 Å². The standard InChI is InChI=1S/C34H41F3N2O11/c35-34(36,37)29-4-2-1-3-26(29)30-20-24-6-5-23(19-27(24)32(42)39-30)28-21-25(38-31(28)41)22-50-33(43)49-18-17-48-16-15-47-14-13-46-12-11-45-10-9-44-8-7-40/h1-6,19-20,25,28,40H,7-18,21-22H2,(H,38,41)(H,39,42)/t25?,28-/m0/s1. The highest BCUT2D eigenvalue weighted by Crippen LogP contribution is 2.37. The molecule has 0 saturated carbocycles. The maximum absolute atomic E-state index is 13.5. The summed E-state index contributed by atoms with van der Waals surface area (Å²) < 4.78 is 77.2. The van der Waals surface area contributed by atoms with Gasteiger partial charge in [-0.15, -0.1) is 0 Å². The van der Waals surface area contributed by atoms with Gasteiger partial charge in [-0.1, -0.05) is 30.3 Å².